The summed E-state index contributed by atoms with van der Waals surface area (Å²) >= 11 is 1.59. The van der Waals surface area contributed by atoms with Crippen LogP contribution in [0.5, 0.6) is 0 Å². The number of benzene rings is 1. The van der Waals surface area contributed by atoms with Gasteiger partial charge in [0.2, 0.25) is 0 Å². The molecular weight excluding hydrogens is 180 g/mol. The molecule has 13 heavy (non-hydrogen) atoms. The number of nitrogens with two attached hydrogens (primary N) is 2. The maximum atomic E-state index is 5.80. The summed E-state index contributed by atoms with van der Waals surface area (Å²) in [5, 5.41) is 0. The molecule has 0 unspecified atom stereocenters. The van der Waals surface area contributed by atoms with Gasteiger partial charge < -0.3 is 11.5 Å². The largest absolute Gasteiger partial charge is 0.398 e. The summed E-state index contributed by atoms with van der Waals surface area (Å²) in [6.45, 7) is 2.17. The van der Waals surface area contributed by atoms with E-state index in [1.54, 1.807) is 11.8 Å². The third kappa shape index (κ3) is 2.94. The van der Waals surface area contributed by atoms with Gasteiger partial charge in [-0.3, -0.25) is 0 Å². The van der Waals surface area contributed by atoms with E-state index in [0.717, 1.165) is 23.4 Å². The second kappa shape index (κ2) is 5.14. The Balaban J connectivity index is 2.83. The third-order valence-electron chi connectivity index (χ3n) is 1.86. The first-order chi connectivity index (χ1) is 6.27. The molecule has 1 rings (SSSR count). The van der Waals surface area contributed by atoms with Crippen molar-refractivity contribution in [3.8, 4) is 0 Å². The predicted molar refractivity (Wildman–Crippen MR) is 59.8 cm³/mol. The van der Waals surface area contributed by atoms with E-state index in [4.69, 9.17) is 11.5 Å². The van der Waals surface area contributed by atoms with Crippen LogP contribution in [0.1, 0.15) is 18.9 Å². The van der Waals surface area contributed by atoms with E-state index in [-0.39, 0.29) is 0 Å². The van der Waals surface area contributed by atoms with Gasteiger partial charge in [0, 0.05) is 16.5 Å². The van der Waals surface area contributed by atoms with Crippen LogP contribution in [-0.4, -0.2) is 5.88 Å². The topological polar surface area (TPSA) is 52.0 Å². The SMILES string of the molecule is CCCc1ccc(N)c(SCN)c1. The van der Waals surface area contributed by atoms with Crippen LogP contribution in [0.25, 0.3) is 0 Å². The number of aryl methyl sites for hydroxylation is 1. The van der Waals surface area contributed by atoms with Gasteiger partial charge in [-0.05, 0) is 24.1 Å². The van der Waals surface area contributed by atoms with Crippen LogP contribution in [0.3, 0.4) is 0 Å². The Morgan fingerprint density at radius 3 is 2.77 bits per heavy atom. The molecule has 2 nitrogen and oxygen atoms in total. The molecule has 0 saturated carbocycles. The molecule has 0 saturated heterocycles. The second-order valence-electron chi connectivity index (χ2n) is 2.93. The minimum atomic E-state index is 0.583. The summed E-state index contributed by atoms with van der Waals surface area (Å²) in [4.78, 5) is 1.11. The first-order valence-corrected chi connectivity index (χ1v) is 5.47. The fraction of sp³-hybridized carbons (Fsp3) is 0.400. The van der Waals surface area contributed by atoms with Crippen molar-refractivity contribution in [1.82, 2.24) is 0 Å². The van der Waals surface area contributed by atoms with Crippen molar-refractivity contribution >= 4 is 17.4 Å². The van der Waals surface area contributed by atoms with Crippen molar-refractivity contribution in [2.24, 2.45) is 5.73 Å². The zero-order chi connectivity index (χ0) is 9.68. The van der Waals surface area contributed by atoms with Crippen LogP contribution in [0.15, 0.2) is 23.1 Å². The molecule has 72 valence electrons. The average Bonchev–Trinajstić information content (AvgIpc) is 2.12. The summed E-state index contributed by atoms with van der Waals surface area (Å²) in [5.41, 5.74) is 13.4. The molecule has 0 aliphatic rings. The minimum Gasteiger partial charge on any atom is -0.398 e. The molecule has 3 heteroatoms. The van der Waals surface area contributed by atoms with Crippen molar-refractivity contribution in [2.75, 3.05) is 11.6 Å². The molecule has 0 spiro atoms. The smallest absolute Gasteiger partial charge is 0.0452 e. The average molecular weight is 196 g/mol. The number of rotatable bonds is 4. The zero-order valence-electron chi connectivity index (χ0n) is 7.92. The molecule has 1 aromatic carbocycles. The van der Waals surface area contributed by atoms with E-state index >= 15 is 0 Å². The molecule has 0 amide bonds. The standard InChI is InChI=1S/C10H16N2S/c1-2-3-8-4-5-9(12)10(6-8)13-7-11/h4-6H,2-3,7,11-12H2,1H3. The number of hydrogen-bond acceptors (Lipinski definition) is 3. The van der Waals surface area contributed by atoms with E-state index in [1.807, 2.05) is 6.07 Å². The number of nitrogen functional groups attached to an aromatic ring is 1. The fourth-order valence-electron chi connectivity index (χ4n) is 1.24. The highest BCUT2D eigenvalue weighted by molar-refractivity contribution is 7.99. The number of anilines is 1. The Morgan fingerprint density at radius 2 is 2.15 bits per heavy atom. The first kappa shape index (κ1) is 10.4. The number of thioether (sulfide) groups is 1. The van der Waals surface area contributed by atoms with E-state index in [0.29, 0.717) is 5.88 Å². The van der Waals surface area contributed by atoms with Gasteiger partial charge in [0.1, 0.15) is 0 Å². The third-order valence-corrected chi connectivity index (χ3v) is 2.69. The highest BCUT2D eigenvalue weighted by Crippen LogP contribution is 2.25. The van der Waals surface area contributed by atoms with Crippen molar-refractivity contribution < 1.29 is 0 Å². The van der Waals surface area contributed by atoms with Crippen molar-refractivity contribution in [2.45, 2.75) is 24.7 Å². The van der Waals surface area contributed by atoms with Gasteiger partial charge >= 0.3 is 0 Å². The van der Waals surface area contributed by atoms with Crippen molar-refractivity contribution in [3.05, 3.63) is 23.8 Å². The summed E-state index contributed by atoms with van der Waals surface area (Å²) in [7, 11) is 0. The van der Waals surface area contributed by atoms with Gasteiger partial charge in [0.05, 0.1) is 0 Å². The summed E-state index contributed by atoms with van der Waals surface area (Å²) in [6.07, 6.45) is 2.27. The molecule has 0 aromatic heterocycles. The van der Waals surface area contributed by atoms with Gasteiger partial charge in [0.25, 0.3) is 0 Å². The van der Waals surface area contributed by atoms with E-state index < -0.39 is 0 Å². The molecule has 0 atom stereocenters. The van der Waals surface area contributed by atoms with E-state index in [2.05, 4.69) is 19.1 Å². The molecule has 0 heterocycles. The Bertz CT molecular complexity index is 274. The molecule has 1 aromatic rings. The van der Waals surface area contributed by atoms with Crippen molar-refractivity contribution in [3.63, 3.8) is 0 Å². The monoisotopic (exact) mass is 196 g/mol. The lowest BCUT2D eigenvalue weighted by atomic mass is 10.1. The Kier molecular flexibility index (Phi) is 4.12. The van der Waals surface area contributed by atoms with E-state index in [9.17, 15) is 0 Å². The normalized spacial score (nSPS) is 10.3. The summed E-state index contributed by atoms with van der Waals surface area (Å²) in [6, 6.07) is 6.18. The second-order valence-corrected chi connectivity index (χ2v) is 4.00. The first-order valence-electron chi connectivity index (χ1n) is 4.49. The van der Waals surface area contributed by atoms with Crippen LogP contribution < -0.4 is 11.5 Å². The van der Waals surface area contributed by atoms with E-state index in [1.165, 1.54) is 5.56 Å². The lowest BCUT2D eigenvalue weighted by Crippen LogP contribution is -1.96. The molecule has 4 N–H and O–H groups in total. The van der Waals surface area contributed by atoms with Crippen LogP contribution in [0.4, 0.5) is 5.69 Å². The summed E-state index contributed by atoms with van der Waals surface area (Å²) < 4.78 is 0. The Labute approximate surface area is 83.7 Å². The Hall–Kier alpha value is -0.670. The van der Waals surface area contributed by atoms with Crippen LogP contribution in [0.2, 0.25) is 0 Å². The Morgan fingerprint density at radius 1 is 1.38 bits per heavy atom. The van der Waals surface area contributed by atoms with Crippen LogP contribution in [0, 0.1) is 0 Å². The van der Waals surface area contributed by atoms with Gasteiger partial charge in [-0.2, -0.15) is 0 Å². The van der Waals surface area contributed by atoms with Crippen molar-refractivity contribution in [1.29, 1.82) is 0 Å². The lowest BCUT2D eigenvalue weighted by Gasteiger charge is -2.06. The quantitative estimate of drug-likeness (QED) is 0.441. The molecule has 0 aliphatic heterocycles. The molecule has 0 bridgehead atoms. The maximum absolute atomic E-state index is 5.80. The molecule has 0 aliphatic carbocycles. The summed E-state index contributed by atoms with van der Waals surface area (Å²) in [5.74, 6) is 0.583. The van der Waals surface area contributed by atoms with Crippen LogP contribution >= 0.6 is 11.8 Å². The highest BCUT2D eigenvalue weighted by Gasteiger charge is 2.00. The maximum Gasteiger partial charge on any atom is 0.0452 e. The van der Waals surface area contributed by atoms with Gasteiger partial charge in [0.15, 0.2) is 0 Å². The molecule has 0 radical (unpaired) electrons. The highest BCUT2D eigenvalue weighted by atomic mass is 32.2. The zero-order valence-corrected chi connectivity index (χ0v) is 8.73. The van der Waals surface area contributed by atoms with Gasteiger partial charge in [-0.25, -0.2) is 0 Å². The number of hydrogen-bond donors (Lipinski definition) is 2. The van der Waals surface area contributed by atoms with Crippen LogP contribution in [-0.2, 0) is 6.42 Å². The molecular formula is C10H16N2S. The fourth-order valence-corrected chi connectivity index (χ4v) is 1.89. The molecule has 0 fully saturated rings. The minimum absolute atomic E-state index is 0.583. The lowest BCUT2D eigenvalue weighted by molar-refractivity contribution is 0.918. The van der Waals surface area contributed by atoms with Gasteiger partial charge in [-0.15, -0.1) is 11.8 Å². The van der Waals surface area contributed by atoms with Gasteiger partial charge in [-0.1, -0.05) is 19.4 Å². The predicted octanol–water partition coefficient (Wildman–Crippen LogP) is 2.23.